The molecule has 31 heavy (non-hydrogen) atoms. The summed E-state index contributed by atoms with van der Waals surface area (Å²) in [5.74, 6) is -1.19. The number of hydrogen-bond acceptors (Lipinski definition) is 4. The molecule has 0 radical (unpaired) electrons. The van der Waals surface area contributed by atoms with E-state index >= 15 is 0 Å². The van der Waals surface area contributed by atoms with Crippen LogP contribution in [0.1, 0.15) is 41.7 Å². The number of aromatic nitrogens is 1. The minimum absolute atomic E-state index is 0.217. The van der Waals surface area contributed by atoms with Crippen molar-refractivity contribution in [3.05, 3.63) is 65.9 Å². The number of fused-ring (bicyclic) bond motifs is 1. The van der Waals surface area contributed by atoms with Crippen molar-refractivity contribution in [1.82, 2.24) is 10.3 Å². The second-order valence-corrected chi connectivity index (χ2v) is 7.86. The molecule has 1 aliphatic carbocycles. The molecule has 7 nitrogen and oxygen atoms in total. The van der Waals surface area contributed by atoms with Crippen LogP contribution in [-0.2, 0) is 9.53 Å². The fourth-order valence-electron chi connectivity index (χ4n) is 4.14. The third-order valence-corrected chi connectivity index (χ3v) is 5.58. The standard InChI is InChI=1S/C24H25N3O4/c1-15-21(19-12-5-6-13-20(19)25-15)22(28)23(29)26-17-10-7-11-18(14-17)31-24(30)27-16-8-3-2-4-9-16/h2-6,8-9,12-13,17-18,25H,7,10-11,14H2,1H3,(H,26,29)(H,27,30)/t17-,18-/m1/s1. The van der Waals surface area contributed by atoms with Gasteiger partial charge in [0.05, 0.1) is 5.56 Å². The van der Waals surface area contributed by atoms with E-state index in [1.807, 2.05) is 42.5 Å². The fourth-order valence-corrected chi connectivity index (χ4v) is 4.14. The summed E-state index contributed by atoms with van der Waals surface area (Å²) in [6.45, 7) is 1.79. The minimum Gasteiger partial charge on any atom is -0.446 e. The number of nitrogens with one attached hydrogen (secondary N) is 3. The SMILES string of the molecule is Cc1[nH]c2ccccc2c1C(=O)C(=O)N[C@@H]1CCC[C@@H](OC(=O)Nc2ccccc2)C1. The van der Waals surface area contributed by atoms with E-state index in [0.29, 0.717) is 23.4 Å². The van der Waals surface area contributed by atoms with Gasteiger partial charge in [0.1, 0.15) is 6.10 Å². The van der Waals surface area contributed by atoms with Gasteiger partial charge in [0.15, 0.2) is 0 Å². The summed E-state index contributed by atoms with van der Waals surface area (Å²) in [5.41, 5.74) is 2.56. The summed E-state index contributed by atoms with van der Waals surface area (Å²) in [4.78, 5) is 40.8. The third-order valence-electron chi connectivity index (χ3n) is 5.58. The predicted octanol–water partition coefficient (Wildman–Crippen LogP) is 4.34. The lowest BCUT2D eigenvalue weighted by atomic mass is 9.92. The van der Waals surface area contributed by atoms with Gasteiger partial charge >= 0.3 is 6.09 Å². The van der Waals surface area contributed by atoms with Crippen molar-refractivity contribution in [2.24, 2.45) is 0 Å². The van der Waals surface area contributed by atoms with E-state index in [9.17, 15) is 14.4 Å². The summed E-state index contributed by atoms with van der Waals surface area (Å²) in [6.07, 6.45) is 1.92. The zero-order valence-electron chi connectivity index (χ0n) is 17.3. The van der Waals surface area contributed by atoms with Crippen molar-refractivity contribution >= 4 is 34.4 Å². The molecule has 2 aromatic carbocycles. The maximum Gasteiger partial charge on any atom is 0.411 e. The molecule has 3 aromatic rings. The van der Waals surface area contributed by atoms with Crippen molar-refractivity contribution in [2.45, 2.75) is 44.8 Å². The lowest BCUT2D eigenvalue weighted by Gasteiger charge is -2.29. The maximum absolute atomic E-state index is 12.8. The highest BCUT2D eigenvalue weighted by Gasteiger charge is 2.29. The number of H-pyrrole nitrogens is 1. The van der Waals surface area contributed by atoms with E-state index < -0.39 is 17.8 Å². The van der Waals surface area contributed by atoms with Gasteiger partial charge in [-0.15, -0.1) is 0 Å². The number of aromatic amines is 1. The van der Waals surface area contributed by atoms with Crippen LogP contribution in [0.25, 0.3) is 10.9 Å². The number of carbonyl (C=O) groups excluding carboxylic acids is 3. The summed E-state index contributed by atoms with van der Waals surface area (Å²) in [7, 11) is 0. The molecule has 3 N–H and O–H groups in total. The van der Waals surface area contributed by atoms with Gasteiger partial charge in [-0.1, -0.05) is 36.4 Å². The van der Waals surface area contributed by atoms with Crippen LogP contribution < -0.4 is 10.6 Å². The summed E-state index contributed by atoms with van der Waals surface area (Å²) in [6, 6.07) is 16.3. The van der Waals surface area contributed by atoms with E-state index in [2.05, 4.69) is 15.6 Å². The Morgan fingerprint density at radius 3 is 2.55 bits per heavy atom. The Morgan fingerprint density at radius 2 is 1.74 bits per heavy atom. The van der Waals surface area contributed by atoms with Gasteiger partial charge < -0.3 is 15.0 Å². The molecule has 0 aliphatic heterocycles. The number of hydrogen-bond donors (Lipinski definition) is 3. The highest BCUT2D eigenvalue weighted by Crippen LogP contribution is 2.24. The zero-order chi connectivity index (χ0) is 21.8. The lowest BCUT2D eigenvalue weighted by Crippen LogP contribution is -2.44. The average Bonchev–Trinajstić information content (AvgIpc) is 3.09. The van der Waals surface area contributed by atoms with Crippen LogP contribution in [0.3, 0.4) is 0 Å². The number of benzene rings is 2. The van der Waals surface area contributed by atoms with Crippen LogP contribution >= 0.6 is 0 Å². The Morgan fingerprint density at radius 1 is 1.00 bits per heavy atom. The fraction of sp³-hybridized carbons (Fsp3) is 0.292. The first-order valence-electron chi connectivity index (χ1n) is 10.5. The number of ether oxygens (including phenoxy) is 1. The van der Waals surface area contributed by atoms with Crippen molar-refractivity contribution < 1.29 is 19.1 Å². The van der Waals surface area contributed by atoms with Gasteiger partial charge in [-0.25, -0.2) is 4.79 Å². The minimum atomic E-state index is -0.632. The van der Waals surface area contributed by atoms with Gasteiger partial charge in [-0.05, 0) is 44.4 Å². The summed E-state index contributed by atoms with van der Waals surface area (Å²) >= 11 is 0. The topological polar surface area (TPSA) is 100 Å². The van der Waals surface area contributed by atoms with Gasteiger partial charge in [0, 0.05) is 34.7 Å². The van der Waals surface area contributed by atoms with Crippen molar-refractivity contribution in [3.63, 3.8) is 0 Å². The monoisotopic (exact) mass is 419 g/mol. The molecule has 1 aliphatic rings. The Kier molecular flexibility index (Phi) is 6.02. The Bertz CT molecular complexity index is 1110. The van der Waals surface area contributed by atoms with Gasteiger partial charge in [0.25, 0.3) is 11.7 Å². The molecule has 0 bridgehead atoms. The highest BCUT2D eigenvalue weighted by atomic mass is 16.6. The molecule has 1 heterocycles. The molecule has 160 valence electrons. The first-order chi connectivity index (χ1) is 15.0. The van der Waals surface area contributed by atoms with Crippen molar-refractivity contribution in [3.8, 4) is 0 Å². The van der Waals surface area contributed by atoms with Gasteiger partial charge in [-0.2, -0.15) is 0 Å². The number of rotatable bonds is 5. The third kappa shape index (κ3) is 4.77. The second kappa shape index (κ2) is 9.04. The van der Waals surface area contributed by atoms with Crippen LogP contribution in [0.4, 0.5) is 10.5 Å². The Balaban J connectivity index is 1.35. The number of aryl methyl sites for hydroxylation is 1. The molecular formula is C24H25N3O4. The number of ketones is 1. The molecule has 0 unspecified atom stereocenters. The van der Waals surface area contributed by atoms with Gasteiger partial charge in [0.2, 0.25) is 0 Å². The van der Waals surface area contributed by atoms with E-state index in [1.54, 1.807) is 19.1 Å². The van der Waals surface area contributed by atoms with Gasteiger partial charge in [-0.3, -0.25) is 14.9 Å². The Hall–Kier alpha value is -3.61. The first-order valence-corrected chi connectivity index (χ1v) is 10.5. The average molecular weight is 419 g/mol. The van der Waals surface area contributed by atoms with E-state index in [1.165, 1.54) is 0 Å². The molecule has 1 aromatic heterocycles. The quantitative estimate of drug-likeness (QED) is 0.423. The van der Waals surface area contributed by atoms with Crippen LogP contribution in [-0.4, -0.2) is 34.9 Å². The largest absolute Gasteiger partial charge is 0.446 e. The molecule has 7 heteroatoms. The summed E-state index contributed by atoms with van der Waals surface area (Å²) in [5, 5.41) is 6.27. The molecule has 1 saturated carbocycles. The number of carbonyl (C=O) groups is 3. The second-order valence-electron chi connectivity index (χ2n) is 7.86. The molecule has 0 saturated heterocycles. The number of Topliss-reactive ketones (excluding diaryl/α,β-unsaturated/α-hetero) is 1. The number of anilines is 1. The lowest BCUT2D eigenvalue weighted by molar-refractivity contribution is -0.118. The molecule has 0 spiro atoms. The smallest absolute Gasteiger partial charge is 0.411 e. The Labute approximate surface area is 180 Å². The number of para-hydroxylation sites is 2. The molecule has 2 atom stereocenters. The predicted molar refractivity (Wildman–Crippen MR) is 118 cm³/mol. The molecule has 2 amide bonds. The summed E-state index contributed by atoms with van der Waals surface area (Å²) < 4.78 is 5.53. The van der Waals surface area contributed by atoms with Crippen molar-refractivity contribution in [2.75, 3.05) is 5.32 Å². The van der Waals surface area contributed by atoms with Crippen LogP contribution in [0.15, 0.2) is 54.6 Å². The van der Waals surface area contributed by atoms with Crippen LogP contribution in [0.5, 0.6) is 0 Å². The maximum atomic E-state index is 12.8. The van der Waals surface area contributed by atoms with Crippen LogP contribution in [0.2, 0.25) is 0 Å². The van der Waals surface area contributed by atoms with E-state index in [4.69, 9.17) is 4.74 Å². The number of amides is 2. The zero-order valence-corrected chi connectivity index (χ0v) is 17.3. The molecule has 4 rings (SSSR count). The highest BCUT2D eigenvalue weighted by molar-refractivity contribution is 6.45. The normalized spacial score (nSPS) is 18.4. The van der Waals surface area contributed by atoms with E-state index in [0.717, 1.165) is 30.2 Å². The molecule has 1 fully saturated rings. The van der Waals surface area contributed by atoms with E-state index in [-0.39, 0.29) is 12.1 Å². The van der Waals surface area contributed by atoms with Crippen molar-refractivity contribution in [1.29, 1.82) is 0 Å². The molecular weight excluding hydrogens is 394 g/mol. The first kappa shape index (κ1) is 20.7. The van der Waals surface area contributed by atoms with Crippen LogP contribution in [0, 0.1) is 6.92 Å².